The van der Waals surface area contributed by atoms with E-state index in [1.807, 2.05) is 25.3 Å². The van der Waals surface area contributed by atoms with Crippen LogP contribution in [0.4, 0.5) is 0 Å². The maximum absolute atomic E-state index is 4.20. The molecule has 0 N–H and O–H groups in total. The van der Waals surface area contributed by atoms with Crippen molar-refractivity contribution < 1.29 is 0 Å². The van der Waals surface area contributed by atoms with E-state index in [1.54, 1.807) is 0 Å². The van der Waals surface area contributed by atoms with Crippen LogP contribution in [0.3, 0.4) is 0 Å². The van der Waals surface area contributed by atoms with Crippen molar-refractivity contribution in [2.45, 2.75) is 6.92 Å². The largest absolute Gasteiger partial charge is 0.261 e. The van der Waals surface area contributed by atoms with E-state index in [1.165, 1.54) is 11.1 Å². The molecule has 0 saturated carbocycles. The van der Waals surface area contributed by atoms with E-state index in [2.05, 4.69) is 17.6 Å². The first-order valence-electron chi connectivity index (χ1n) is 3.62. The van der Waals surface area contributed by atoms with Gasteiger partial charge in [0.25, 0.3) is 0 Å². The Labute approximate surface area is 66.1 Å². The summed E-state index contributed by atoms with van der Waals surface area (Å²) in [6.07, 6.45) is 5.93. The fourth-order valence-electron chi connectivity index (χ4n) is 1.42. The first-order valence-corrected chi connectivity index (χ1v) is 3.62. The summed E-state index contributed by atoms with van der Waals surface area (Å²) in [6, 6.07) is 2.01. The zero-order chi connectivity index (χ0) is 7.84. The van der Waals surface area contributed by atoms with Gasteiger partial charge in [0.1, 0.15) is 0 Å². The molecule has 0 spiro atoms. The number of hydrogen-bond acceptors (Lipinski definition) is 1. The van der Waals surface area contributed by atoms with Crippen LogP contribution in [0.5, 0.6) is 0 Å². The topological polar surface area (TPSA) is 12.9 Å². The SMILES string of the molecule is C=C1C=Cc2ccnc(C)c21. The van der Waals surface area contributed by atoms with Crippen LogP contribution < -0.4 is 0 Å². The molecule has 1 aromatic heterocycles. The molecule has 0 aromatic carbocycles. The van der Waals surface area contributed by atoms with Crippen molar-refractivity contribution in [1.29, 1.82) is 0 Å². The first-order chi connectivity index (χ1) is 5.29. The van der Waals surface area contributed by atoms with Crippen molar-refractivity contribution in [3.05, 3.63) is 41.7 Å². The van der Waals surface area contributed by atoms with Gasteiger partial charge >= 0.3 is 0 Å². The van der Waals surface area contributed by atoms with Crippen LogP contribution in [-0.4, -0.2) is 4.98 Å². The number of pyridine rings is 1. The average molecular weight is 143 g/mol. The molecule has 0 aliphatic heterocycles. The normalized spacial score (nSPS) is 13.7. The van der Waals surface area contributed by atoms with Gasteiger partial charge in [-0.3, -0.25) is 4.98 Å². The summed E-state index contributed by atoms with van der Waals surface area (Å²) >= 11 is 0. The molecule has 0 bridgehead atoms. The number of fused-ring (bicyclic) bond motifs is 1. The zero-order valence-corrected chi connectivity index (χ0v) is 6.46. The monoisotopic (exact) mass is 143 g/mol. The fraction of sp³-hybridized carbons (Fsp3) is 0.100. The second kappa shape index (κ2) is 2.06. The molecule has 0 fully saturated rings. The molecular weight excluding hydrogens is 134 g/mol. The molecule has 0 atom stereocenters. The van der Waals surface area contributed by atoms with Gasteiger partial charge in [-0.05, 0) is 24.1 Å². The molecule has 1 nitrogen and oxygen atoms in total. The maximum Gasteiger partial charge on any atom is 0.0456 e. The maximum atomic E-state index is 4.20. The Balaban J connectivity index is 2.74. The zero-order valence-electron chi connectivity index (χ0n) is 6.46. The minimum absolute atomic E-state index is 1.07. The molecule has 0 radical (unpaired) electrons. The number of nitrogens with zero attached hydrogens (tertiary/aromatic N) is 1. The van der Waals surface area contributed by atoms with Crippen LogP contribution in [0.1, 0.15) is 16.8 Å². The van der Waals surface area contributed by atoms with Gasteiger partial charge in [0.05, 0.1) is 0 Å². The minimum atomic E-state index is 1.07. The van der Waals surface area contributed by atoms with Gasteiger partial charge in [-0.25, -0.2) is 0 Å². The minimum Gasteiger partial charge on any atom is -0.261 e. The summed E-state index contributed by atoms with van der Waals surface area (Å²) in [5, 5.41) is 0. The van der Waals surface area contributed by atoms with E-state index >= 15 is 0 Å². The van der Waals surface area contributed by atoms with Crippen LogP contribution in [0.2, 0.25) is 0 Å². The summed E-state index contributed by atoms with van der Waals surface area (Å²) in [5.74, 6) is 0. The fourth-order valence-corrected chi connectivity index (χ4v) is 1.42. The molecule has 1 aromatic rings. The van der Waals surface area contributed by atoms with Crippen molar-refractivity contribution in [2.24, 2.45) is 0 Å². The average Bonchev–Trinajstić information content (AvgIpc) is 2.34. The molecule has 1 aliphatic rings. The van der Waals surface area contributed by atoms with Crippen LogP contribution >= 0.6 is 0 Å². The van der Waals surface area contributed by atoms with Gasteiger partial charge in [-0.15, -0.1) is 0 Å². The van der Waals surface area contributed by atoms with Gasteiger partial charge < -0.3 is 0 Å². The van der Waals surface area contributed by atoms with Crippen molar-refractivity contribution in [2.75, 3.05) is 0 Å². The third-order valence-electron chi connectivity index (χ3n) is 1.96. The van der Waals surface area contributed by atoms with Gasteiger partial charge in [-0.1, -0.05) is 18.7 Å². The van der Waals surface area contributed by atoms with E-state index in [0.29, 0.717) is 0 Å². The molecule has 11 heavy (non-hydrogen) atoms. The van der Waals surface area contributed by atoms with E-state index in [-0.39, 0.29) is 0 Å². The van der Waals surface area contributed by atoms with Crippen molar-refractivity contribution in [3.8, 4) is 0 Å². The lowest BCUT2D eigenvalue weighted by atomic mass is 10.1. The number of aromatic nitrogens is 1. The number of rotatable bonds is 0. The Bertz CT molecular complexity index is 348. The molecule has 2 rings (SSSR count). The molecule has 54 valence electrons. The summed E-state index contributed by atoms with van der Waals surface area (Å²) in [7, 11) is 0. The molecule has 0 saturated heterocycles. The highest BCUT2D eigenvalue weighted by Crippen LogP contribution is 2.28. The highest BCUT2D eigenvalue weighted by Gasteiger charge is 2.10. The summed E-state index contributed by atoms with van der Waals surface area (Å²) in [4.78, 5) is 4.20. The van der Waals surface area contributed by atoms with Crippen LogP contribution in [0.25, 0.3) is 11.6 Å². The van der Waals surface area contributed by atoms with E-state index in [9.17, 15) is 0 Å². The Hall–Kier alpha value is -1.37. The molecule has 1 heterocycles. The predicted molar refractivity (Wildman–Crippen MR) is 47.0 cm³/mol. The molecule has 0 amide bonds. The highest BCUT2D eigenvalue weighted by molar-refractivity contribution is 5.89. The first kappa shape index (κ1) is 6.35. The van der Waals surface area contributed by atoms with Crippen molar-refractivity contribution >= 4 is 11.6 Å². The van der Waals surface area contributed by atoms with E-state index < -0.39 is 0 Å². The highest BCUT2D eigenvalue weighted by atomic mass is 14.7. The van der Waals surface area contributed by atoms with Gasteiger partial charge in [0, 0.05) is 17.5 Å². The Morgan fingerprint density at radius 3 is 2.91 bits per heavy atom. The molecule has 0 unspecified atom stereocenters. The standard InChI is InChI=1S/C10H9N/c1-7-3-4-9-5-6-11-8(2)10(7)9/h3-6H,1H2,2H3. The van der Waals surface area contributed by atoms with Gasteiger partial charge in [0.2, 0.25) is 0 Å². The van der Waals surface area contributed by atoms with Crippen LogP contribution in [0, 0.1) is 6.92 Å². The molecule has 1 heteroatoms. The summed E-state index contributed by atoms with van der Waals surface area (Å²) in [6.45, 7) is 5.94. The van der Waals surface area contributed by atoms with Crippen LogP contribution in [0.15, 0.2) is 24.9 Å². The van der Waals surface area contributed by atoms with Gasteiger partial charge in [-0.2, -0.15) is 0 Å². The Kier molecular flexibility index (Phi) is 1.19. The molecule has 1 aliphatic carbocycles. The summed E-state index contributed by atoms with van der Waals surface area (Å²) in [5.41, 5.74) is 4.58. The number of hydrogen-bond donors (Lipinski definition) is 0. The summed E-state index contributed by atoms with van der Waals surface area (Å²) < 4.78 is 0. The predicted octanol–water partition coefficient (Wildman–Crippen LogP) is 2.43. The van der Waals surface area contributed by atoms with Gasteiger partial charge in [0.15, 0.2) is 0 Å². The second-order valence-corrected chi connectivity index (χ2v) is 2.72. The smallest absolute Gasteiger partial charge is 0.0456 e. The van der Waals surface area contributed by atoms with Crippen molar-refractivity contribution in [3.63, 3.8) is 0 Å². The van der Waals surface area contributed by atoms with Crippen LogP contribution in [-0.2, 0) is 0 Å². The molecular formula is C10H9N. The third kappa shape index (κ3) is 0.811. The lowest BCUT2D eigenvalue weighted by Gasteiger charge is -2.01. The Morgan fingerprint density at radius 2 is 2.18 bits per heavy atom. The Morgan fingerprint density at radius 1 is 1.36 bits per heavy atom. The lowest BCUT2D eigenvalue weighted by Crippen LogP contribution is -1.88. The van der Waals surface area contributed by atoms with E-state index in [0.717, 1.165) is 11.3 Å². The third-order valence-corrected chi connectivity index (χ3v) is 1.96. The second-order valence-electron chi connectivity index (χ2n) is 2.72. The quantitative estimate of drug-likeness (QED) is 0.543. The number of aryl methyl sites for hydroxylation is 1. The van der Waals surface area contributed by atoms with Crippen molar-refractivity contribution in [1.82, 2.24) is 4.98 Å². The number of allylic oxidation sites excluding steroid dienone is 2. The van der Waals surface area contributed by atoms with E-state index in [4.69, 9.17) is 0 Å². The lowest BCUT2D eigenvalue weighted by molar-refractivity contribution is 1.18.